The summed E-state index contributed by atoms with van der Waals surface area (Å²) in [4.78, 5) is 25.4. The molecule has 1 aromatic carbocycles. The van der Waals surface area contributed by atoms with Crippen LogP contribution in [0.5, 0.6) is 5.75 Å². The summed E-state index contributed by atoms with van der Waals surface area (Å²) >= 11 is 0. The molecule has 1 saturated carbocycles. The third-order valence-corrected chi connectivity index (χ3v) is 4.84. The number of hydrogen-bond donors (Lipinski definition) is 0. The minimum absolute atomic E-state index is 0.0271. The molecule has 0 unspecified atom stereocenters. The number of carbonyl (C=O) groups is 2. The molecule has 1 aromatic rings. The number of ether oxygens (including phenoxy) is 1. The number of hydrazine groups is 1. The summed E-state index contributed by atoms with van der Waals surface area (Å²) in [5.41, 5.74) is 0.512. The first-order valence-electron chi connectivity index (χ1n) is 8.32. The third-order valence-electron chi connectivity index (χ3n) is 4.84. The molecule has 1 saturated heterocycles. The van der Waals surface area contributed by atoms with Gasteiger partial charge in [0.1, 0.15) is 5.75 Å². The fraction of sp³-hybridized carbons (Fsp3) is 0.474. The lowest BCUT2D eigenvalue weighted by molar-refractivity contribution is -0.159. The standard InChI is InChI=1S/C19H22N2O3/c1-3-4-6-17(22)20-13-5-14-21(20)18(23)19(11-12-19)15-7-9-16(24-2)10-8-15/h1,7-10H,4-6,11-14H2,2H3. The first kappa shape index (κ1) is 16.4. The van der Waals surface area contributed by atoms with Crippen molar-refractivity contribution in [3.05, 3.63) is 29.8 Å². The van der Waals surface area contributed by atoms with E-state index >= 15 is 0 Å². The van der Waals surface area contributed by atoms with E-state index in [2.05, 4.69) is 5.92 Å². The molecule has 126 valence electrons. The van der Waals surface area contributed by atoms with Crippen molar-refractivity contribution in [1.82, 2.24) is 10.0 Å². The van der Waals surface area contributed by atoms with Crippen molar-refractivity contribution in [3.8, 4) is 18.1 Å². The Hall–Kier alpha value is -2.48. The minimum atomic E-state index is -0.485. The Kier molecular flexibility index (Phi) is 4.48. The molecule has 2 fully saturated rings. The Labute approximate surface area is 142 Å². The maximum absolute atomic E-state index is 13.1. The minimum Gasteiger partial charge on any atom is -0.497 e. The third kappa shape index (κ3) is 2.84. The quantitative estimate of drug-likeness (QED) is 0.779. The highest BCUT2D eigenvalue weighted by molar-refractivity contribution is 5.93. The van der Waals surface area contributed by atoms with Gasteiger partial charge in [0, 0.05) is 25.9 Å². The highest BCUT2D eigenvalue weighted by atomic mass is 16.5. The maximum Gasteiger partial charge on any atom is 0.251 e. The Morgan fingerprint density at radius 3 is 2.46 bits per heavy atom. The van der Waals surface area contributed by atoms with Gasteiger partial charge in [-0.25, -0.2) is 0 Å². The molecule has 0 N–H and O–H groups in total. The van der Waals surface area contributed by atoms with E-state index in [1.165, 1.54) is 0 Å². The van der Waals surface area contributed by atoms with E-state index in [9.17, 15) is 9.59 Å². The van der Waals surface area contributed by atoms with Crippen molar-refractivity contribution in [2.24, 2.45) is 0 Å². The van der Waals surface area contributed by atoms with Crippen LogP contribution in [0.4, 0.5) is 0 Å². The SMILES string of the molecule is C#CCCC(=O)N1CCCN1C(=O)C1(c2ccc(OC)cc2)CC1. The van der Waals surface area contributed by atoms with Gasteiger partial charge in [0.15, 0.2) is 0 Å². The number of amides is 2. The molecule has 1 heterocycles. The summed E-state index contributed by atoms with van der Waals surface area (Å²) in [6, 6.07) is 7.65. The Bertz CT molecular complexity index is 671. The van der Waals surface area contributed by atoms with Crippen LogP contribution in [-0.4, -0.2) is 42.0 Å². The van der Waals surface area contributed by atoms with Gasteiger partial charge in [-0.1, -0.05) is 12.1 Å². The van der Waals surface area contributed by atoms with Crippen molar-refractivity contribution in [2.75, 3.05) is 20.2 Å². The number of terminal acetylenes is 1. The molecule has 0 aromatic heterocycles. The number of nitrogens with zero attached hydrogens (tertiary/aromatic N) is 2. The Morgan fingerprint density at radius 2 is 1.88 bits per heavy atom. The summed E-state index contributed by atoms with van der Waals surface area (Å²) in [7, 11) is 1.62. The summed E-state index contributed by atoms with van der Waals surface area (Å²) in [6.45, 7) is 1.19. The van der Waals surface area contributed by atoms with Crippen LogP contribution in [0.25, 0.3) is 0 Å². The van der Waals surface area contributed by atoms with Crippen LogP contribution >= 0.6 is 0 Å². The number of methoxy groups -OCH3 is 1. The summed E-state index contributed by atoms with van der Waals surface area (Å²) in [5.74, 6) is 3.22. The molecule has 24 heavy (non-hydrogen) atoms. The highest BCUT2D eigenvalue weighted by Crippen LogP contribution is 2.50. The second-order valence-electron chi connectivity index (χ2n) is 6.31. The van der Waals surface area contributed by atoms with Gasteiger partial charge in [-0.3, -0.25) is 19.6 Å². The van der Waals surface area contributed by atoms with Gasteiger partial charge in [0.2, 0.25) is 5.91 Å². The predicted molar refractivity (Wildman–Crippen MR) is 90.0 cm³/mol. The normalized spacial score (nSPS) is 18.2. The molecule has 5 heteroatoms. The van der Waals surface area contributed by atoms with Crippen LogP contribution in [-0.2, 0) is 15.0 Å². The molecule has 2 amide bonds. The summed E-state index contributed by atoms with van der Waals surface area (Å²) in [6.07, 6.45) is 8.38. The van der Waals surface area contributed by atoms with E-state index in [0.29, 0.717) is 19.5 Å². The lowest BCUT2D eigenvalue weighted by Crippen LogP contribution is -2.48. The molecule has 3 rings (SSSR count). The molecular weight excluding hydrogens is 304 g/mol. The predicted octanol–water partition coefficient (Wildman–Crippen LogP) is 2.12. The molecule has 0 spiro atoms. The van der Waals surface area contributed by atoms with Crippen molar-refractivity contribution in [2.45, 2.75) is 37.5 Å². The molecule has 0 atom stereocenters. The van der Waals surface area contributed by atoms with Gasteiger partial charge in [0.05, 0.1) is 12.5 Å². The highest BCUT2D eigenvalue weighted by Gasteiger charge is 2.54. The molecular formula is C19H22N2O3. The van der Waals surface area contributed by atoms with Crippen LogP contribution in [0.1, 0.15) is 37.7 Å². The first-order valence-corrected chi connectivity index (χ1v) is 8.32. The first-order chi connectivity index (χ1) is 11.6. The van der Waals surface area contributed by atoms with E-state index in [0.717, 1.165) is 30.6 Å². The smallest absolute Gasteiger partial charge is 0.251 e. The second-order valence-corrected chi connectivity index (χ2v) is 6.31. The van der Waals surface area contributed by atoms with E-state index < -0.39 is 5.41 Å². The zero-order valence-electron chi connectivity index (χ0n) is 14.0. The second kappa shape index (κ2) is 6.56. The fourth-order valence-corrected chi connectivity index (χ4v) is 3.30. The van der Waals surface area contributed by atoms with Gasteiger partial charge in [0.25, 0.3) is 5.91 Å². The van der Waals surface area contributed by atoms with Crippen LogP contribution in [0, 0.1) is 12.3 Å². The van der Waals surface area contributed by atoms with Crippen molar-refractivity contribution >= 4 is 11.8 Å². The molecule has 0 radical (unpaired) electrons. The van der Waals surface area contributed by atoms with Gasteiger partial charge in [-0.05, 0) is 37.0 Å². The van der Waals surface area contributed by atoms with E-state index in [-0.39, 0.29) is 18.2 Å². The number of hydrogen-bond acceptors (Lipinski definition) is 3. The van der Waals surface area contributed by atoms with Gasteiger partial charge >= 0.3 is 0 Å². The van der Waals surface area contributed by atoms with Crippen molar-refractivity contribution in [3.63, 3.8) is 0 Å². The molecule has 0 bridgehead atoms. The zero-order chi connectivity index (χ0) is 17.2. The summed E-state index contributed by atoms with van der Waals surface area (Å²) in [5, 5.41) is 3.22. The molecule has 2 aliphatic rings. The van der Waals surface area contributed by atoms with Gasteiger partial charge in [-0.2, -0.15) is 0 Å². The van der Waals surface area contributed by atoms with Crippen molar-refractivity contribution in [1.29, 1.82) is 0 Å². The van der Waals surface area contributed by atoms with Gasteiger partial charge < -0.3 is 4.74 Å². The molecule has 5 nitrogen and oxygen atoms in total. The zero-order valence-corrected chi connectivity index (χ0v) is 14.0. The Morgan fingerprint density at radius 1 is 1.21 bits per heavy atom. The van der Waals surface area contributed by atoms with Crippen LogP contribution in [0.2, 0.25) is 0 Å². The maximum atomic E-state index is 13.1. The van der Waals surface area contributed by atoms with E-state index in [4.69, 9.17) is 11.2 Å². The van der Waals surface area contributed by atoms with Crippen LogP contribution < -0.4 is 4.74 Å². The molecule has 1 aliphatic heterocycles. The monoisotopic (exact) mass is 326 g/mol. The van der Waals surface area contributed by atoms with Crippen LogP contribution in [0.15, 0.2) is 24.3 Å². The fourth-order valence-electron chi connectivity index (χ4n) is 3.30. The number of benzene rings is 1. The van der Waals surface area contributed by atoms with Crippen LogP contribution in [0.3, 0.4) is 0 Å². The number of rotatable bonds is 5. The average Bonchev–Trinajstić information content (AvgIpc) is 3.28. The lowest BCUT2D eigenvalue weighted by Gasteiger charge is -2.31. The van der Waals surface area contributed by atoms with E-state index in [1.54, 1.807) is 17.1 Å². The largest absolute Gasteiger partial charge is 0.497 e. The van der Waals surface area contributed by atoms with E-state index in [1.807, 2.05) is 24.3 Å². The molecule has 1 aliphatic carbocycles. The topological polar surface area (TPSA) is 49.9 Å². The Balaban J connectivity index is 1.77. The number of carbonyl (C=O) groups excluding carboxylic acids is 2. The van der Waals surface area contributed by atoms with Gasteiger partial charge in [-0.15, -0.1) is 12.3 Å². The van der Waals surface area contributed by atoms with Crippen molar-refractivity contribution < 1.29 is 14.3 Å². The lowest BCUT2D eigenvalue weighted by atomic mass is 9.94. The average molecular weight is 326 g/mol. The summed E-state index contributed by atoms with van der Waals surface area (Å²) < 4.78 is 5.18.